The minimum atomic E-state index is -0.775. The van der Waals surface area contributed by atoms with Crippen molar-refractivity contribution in [2.75, 3.05) is 11.5 Å². The largest absolute Gasteiger partial charge is 0.494 e. The highest BCUT2D eigenvalue weighted by molar-refractivity contribution is 7.17. The Morgan fingerprint density at radius 2 is 1.95 bits per heavy atom. The lowest BCUT2D eigenvalue weighted by Gasteiger charge is -2.23. The first-order valence-corrected chi connectivity index (χ1v) is 13.1. The first-order valence-electron chi connectivity index (χ1n) is 12.3. The summed E-state index contributed by atoms with van der Waals surface area (Å²) in [5.41, 5.74) is 2.52. The number of hydrogen-bond donors (Lipinski definition) is 0. The molecule has 1 amide bonds. The molecule has 2 aromatic carbocycles. The van der Waals surface area contributed by atoms with Gasteiger partial charge in [-0.25, -0.2) is 4.98 Å². The van der Waals surface area contributed by atoms with Crippen LogP contribution in [-0.2, 0) is 0 Å². The van der Waals surface area contributed by atoms with Crippen LogP contribution in [-0.4, -0.2) is 23.3 Å². The molecule has 0 bridgehead atoms. The number of ether oxygens (including phenoxy) is 1. The molecule has 5 rings (SSSR count). The highest BCUT2D eigenvalue weighted by Gasteiger charge is 2.45. The number of aryl methyl sites for hydroxylation is 2. The van der Waals surface area contributed by atoms with Gasteiger partial charge in [0.15, 0.2) is 16.3 Å². The van der Waals surface area contributed by atoms with E-state index < -0.39 is 11.9 Å². The van der Waals surface area contributed by atoms with E-state index in [1.807, 2.05) is 37.3 Å². The average molecular weight is 517 g/mol. The number of thiazole rings is 1. The van der Waals surface area contributed by atoms with Gasteiger partial charge in [0.1, 0.15) is 11.3 Å². The number of Topliss-reactive ketones (excluding diaryl/α,β-unsaturated/α-hetero) is 1. The number of aromatic nitrogens is 1. The summed E-state index contributed by atoms with van der Waals surface area (Å²) in [6, 6.07) is 12.0. The second-order valence-electron chi connectivity index (χ2n) is 9.82. The van der Waals surface area contributed by atoms with Crippen LogP contribution in [0.1, 0.15) is 75.8 Å². The first kappa shape index (κ1) is 24.9. The number of carbonyl (C=O) groups is 2. The summed E-state index contributed by atoms with van der Waals surface area (Å²) in [6.45, 7) is 9.94. The lowest BCUT2D eigenvalue weighted by Crippen LogP contribution is -2.29. The normalized spacial score (nSPS) is 15.0. The van der Waals surface area contributed by atoms with Gasteiger partial charge in [0, 0.05) is 6.92 Å². The number of carbonyl (C=O) groups excluding carboxylic acids is 2. The fourth-order valence-electron chi connectivity index (χ4n) is 4.60. The molecule has 190 valence electrons. The standard InChI is InChI=1S/C29H28N2O5S/c1-15(2)11-12-35-20-8-6-7-19(14-20)24-23-25(33)21-13-16(3)9-10-22(21)36-26(23)28(34)31(24)29-30-17(4)27(37-29)18(5)32/h6-10,13-15,24H,11-12H2,1-5H3. The van der Waals surface area contributed by atoms with E-state index in [-0.39, 0.29) is 22.5 Å². The van der Waals surface area contributed by atoms with E-state index in [0.717, 1.165) is 23.3 Å². The number of fused-ring (bicyclic) bond motifs is 2. The van der Waals surface area contributed by atoms with E-state index in [9.17, 15) is 14.4 Å². The molecule has 1 atom stereocenters. The van der Waals surface area contributed by atoms with Crippen molar-refractivity contribution in [2.24, 2.45) is 5.92 Å². The lowest BCUT2D eigenvalue weighted by molar-refractivity contribution is 0.0969. The second-order valence-corrected chi connectivity index (χ2v) is 10.8. The maximum absolute atomic E-state index is 13.8. The SMILES string of the molecule is CC(=O)c1sc(N2C(=O)c3oc4ccc(C)cc4c(=O)c3C2c2cccc(OCCC(C)C)c2)nc1C. The molecule has 0 spiro atoms. The summed E-state index contributed by atoms with van der Waals surface area (Å²) in [5, 5.41) is 0.761. The summed E-state index contributed by atoms with van der Waals surface area (Å²) in [4.78, 5) is 46.3. The molecule has 7 nitrogen and oxygen atoms in total. The zero-order valence-electron chi connectivity index (χ0n) is 21.5. The number of nitrogens with zero attached hydrogens (tertiary/aromatic N) is 2. The topological polar surface area (TPSA) is 89.7 Å². The smallest absolute Gasteiger partial charge is 0.297 e. The van der Waals surface area contributed by atoms with Gasteiger partial charge in [0.2, 0.25) is 5.76 Å². The lowest BCUT2D eigenvalue weighted by atomic mass is 9.98. The Kier molecular flexibility index (Phi) is 6.45. The third-order valence-electron chi connectivity index (χ3n) is 6.47. The number of anilines is 1. The summed E-state index contributed by atoms with van der Waals surface area (Å²) < 4.78 is 12.0. The van der Waals surface area contributed by atoms with Crippen LogP contribution in [0, 0.1) is 19.8 Å². The highest BCUT2D eigenvalue weighted by Crippen LogP contribution is 2.43. The van der Waals surface area contributed by atoms with Crippen LogP contribution in [0.3, 0.4) is 0 Å². The summed E-state index contributed by atoms with van der Waals surface area (Å²) in [7, 11) is 0. The summed E-state index contributed by atoms with van der Waals surface area (Å²) >= 11 is 1.14. The molecule has 0 aliphatic carbocycles. The zero-order valence-corrected chi connectivity index (χ0v) is 22.3. The van der Waals surface area contributed by atoms with E-state index in [1.165, 1.54) is 11.8 Å². The minimum absolute atomic E-state index is 0.00490. The molecule has 1 unspecified atom stereocenters. The Hall–Kier alpha value is -3.78. The summed E-state index contributed by atoms with van der Waals surface area (Å²) in [5.74, 6) is 0.560. The van der Waals surface area contributed by atoms with Gasteiger partial charge in [-0.15, -0.1) is 0 Å². The average Bonchev–Trinajstić information content (AvgIpc) is 3.37. The zero-order chi connectivity index (χ0) is 26.4. The first-order chi connectivity index (χ1) is 17.7. The van der Waals surface area contributed by atoms with Crippen LogP contribution in [0.5, 0.6) is 5.75 Å². The fourth-order valence-corrected chi connectivity index (χ4v) is 5.59. The molecule has 0 fully saturated rings. The summed E-state index contributed by atoms with van der Waals surface area (Å²) in [6.07, 6.45) is 0.905. The van der Waals surface area contributed by atoms with Crippen LogP contribution >= 0.6 is 11.3 Å². The molecule has 3 heterocycles. The molecule has 0 radical (unpaired) electrons. The van der Waals surface area contributed by atoms with Gasteiger partial charge < -0.3 is 9.15 Å². The predicted octanol–water partition coefficient (Wildman–Crippen LogP) is 6.24. The van der Waals surface area contributed by atoms with Crippen molar-refractivity contribution in [3.8, 4) is 5.75 Å². The van der Waals surface area contributed by atoms with Crippen molar-refractivity contribution < 1.29 is 18.7 Å². The van der Waals surface area contributed by atoms with Gasteiger partial charge in [0.05, 0.1) is 34.2 Å². The maximum atomic E-state index is 13.8. The Morgan fingerprint density at radius 3 is 2.65 bits per heavy atom. The Labute approximate surface area is 218 Å². The molecule has 0 N–H and O–H groups in total. The number of benzene rings is 2. The van der Waals surface area contributed by atoms with Crippen molar-refractivity contribution in [3.05, 3.63) is 85.7 Å². The van der Waals surface area contributed by atoms with E-state index in [0.29, 0.717) is 50.5 Å². The molecule has 1 aliphatic rings. The van der Waals surface area contributed by atoms with Crippen LogP contribution < -0.4 is 15.1 Å². The van der Waals surface area contributed by atoms with Gasteiger partial charge in [-0.1, -0.05) is 48.9 Å². The molecule has 8 heteroatoms. The van der Waals surface area contributed by atoms with Crippen molar-refractivity contribution in [1.29, 1.82) is 0 Å². The van der Waals surface area contributed by atoms with E-state index in [1.54, 1.807) is 19.1 Å². The third-order valence-corrected chi connectivity index (χ3v) is 7.73. The maximum Gasteiger partial charge on any atom is 0.297 e. The second kappa shape index (κ2) is 9.59. The van der Waals surface area contributed by atoms with Gasteiger partial charge in [0.25, 0.3) is 5.91 Å². The predicted molar refractivity (Wildman–Crippen MR) is 144 cm³/mol. The third kappa shape index (κ3) is 4.46. The van der Waals surface area contributed by atoms with Crippen LogP contribution in [0.25, 0.3) is 11.0 Å². The molecular formula is C29H28N2O5S. The van der Waals surface area contributed by atoms with Crippen molar-refractivity contribution in [2.45, 2.75) is 47.1 Å². The molecule has 37 heavy (non-hydrogen) atoms. The highest BCUT2D eigenvalue weighted by atomic mass is 32.1. The monoisotopic (exact) mass is 516 g/mol. The Bertz CT molecular complexity index is 1600. The van der Waals surface area contributed by atoms with Crippen molar-refractivity contribution >= 4 is 39.1 Å². The van der Waals surface area contributed by atoms with Gasteiger partial charge in [-0.2, -0.15) is 0 Å². The van der Waals surface area contributed by atoms with E-state index in [2.05, 4.69) is 18.8 Å². The molecule has 2 aromatic heterocycles. The Balaban J connectivity index is 1.70. The number of rotatable bonds is 7. The van der Waals surface area contributed by atoms with E-state index >= 15 is 0 Å². The van der Waals surface area contributed by atoms with E-state index in [4.69, 9.17) is 9.15 Å². The molecule has 0 saturated heterocycles. The van der Waals surface area contributed by atoms with Gasteiger partial charge in [-0.05, 0) is 56.0 Å². The molecular weight excluding hydrogens is 488 g/mol. The fraction of sp³-hybridized carbons (Fsp3) is 0.310. The number of hydrogen-bond acceptors (Lipinski definition) is 7. The molecule has 0 saturated carbocycles. The quantitative estimate of drug-likeness (QED) is 0.270. The van der Waals surface area contributed by atoms with Gasteiger partial charge in [-0.3, -0.25) is 19.3 Å². The van der Waals surface area contributed by atoms with Crippen LogP contribution in [0.4, 0.5) is 5.13 Å². The number of ketones is 1. The van der Waals surface area contributed by atoms with Crippen molar-refractivity contribution in [3.63, 3.8) is 0 Å². The van der Waals surface area contributed by atoms with Crippen LogP contribution in [0.2, 0.25) is 0 Å². The Morgan fingerprint density at radius 1 is 1.16 bits per heavy atom. The van der Waals surface area contributed by atoms with Gasteiger partial charge >= 0.3 is 0 Å². The molecule has 4 aromatic rings. The minimum Gasteiger partial charge on any atom is -0.494 e. The van der Waals surface area contributed by atoms with Crippen molar-refractivity contribution in [1.82, 2.24) is 4.98 Å². The number of amides is 1. The van der Waals surface area contributed by atoms with Crippen LogP contribution in [0.15, 0.2) is 51.7 Å². The molecule has 1 aliphatic heterocycles.